The third-order valence-corrected chi connectivity index (χ3v) is 3.55. The highest BCUT2D eigenvalue weighted by atomic mass is 35.5. The van der Waals surface area contributed by atoms with Crippen molar-refractivity contribution < 1.29 is 4.79 Å². The summed E-state index contributed by atoms with van der Waals surface area (Å²) in [4.78, 5) is 12.0. The summed E-state index contributed by atoms with van der Waals surface area (Å²) in [6.07, 6.45) is 1.24. The van der Waals surface area contributed by atoms with Gasteiger partial charge in [-0.25, -0.2) is 0 Å². The van der Waals surface area contributed by atoms with Crippen molar-refractivity contribution in [2.24, 2.45) is 11.7 Å². The summed E-state index contributed by atoms with van der Waals surface area (Å²) < 4.78 is 0. The molecule has 1 aromatic rings. The van der Waals surface area contributed by atoms with E-state index in [0.29, 0.717) is 11.4 Å². The average Bonchev–Trinajstić information content (AvgIpc) is 2.30. The Hall–Kier alpha value is -0.860. The lowest BCUT2D eigenvalue weighted by Crippen LogP contribution is -2.37. The second kappa shape index (κ2) is 6.18. The van der Waals surface area contributed by atoms with Gasteiger partial charge in [0.05, 0.1) is 6.04 Å². The van der Waals surface area contributed by atoms with Crippen molar-refractivity contribution in [3.8, 4) is 0 Å². The number of carbonyl (C=O) groups is 1. The van der Waals surface area contributed by atoms with Gasteiger partial charge >= 0.3 is 0 Å². The number of hydrogen-bond acceptors (Lipinski definition) is 2. The molecule has 2 nitrogen and oxygen atoms in total. The number of halogens is 1. The quantitative estimate of drug-likeness (QED) is 0.876. The van der Waals surface area contributed by atoms with Gasteiger partial charge in [-0.15, -0.1) is 0 Å². The molecule has 0 aliphatic rings. The Bertz CT molecular complexity index is 403. The predicted molar refractivity (Wildman–Crippen MR) is 72.3 cm³/mol. The molecular formula is C14H20ClNO. The van der Waals surface area contributed by atoms with Crippen molar-refractivity contribution in [3.05, 3.63) is 34.3 Å². The average molecular weight is 254 g/mol. The van der Waals surface area contributed by atoms with Gasteiger partial charge in [-0.05, 0) is 30.0 Å². The van der Waals surface area contributed by atoms with E-state index in [-0.39, 0.29) is 11.7 Å². The Morgan fingerprint density at radius 1 is 1.47 bits per heavy atom. The molecule has 2 N–H and O–H groups in total. The van der Waals surface area contributed by atoms with E-state index in [1.165, 1.54) is 0 Å². The van der Waals surface area contributed by atoms with E-state index < -0.39 is 6.04 Å². The Balaban J connectivity index is 2.74. The first-order chi connectivity index (χ1) is 7.95. The first-order valence-corrected chi connectivity index (χ1v) is 6.36. The number of nitrogens with two attached hydrogens (primary N) is 1. The molecule has 0 bridgehead atoms. The molecule has 0 aliphatic carbocycles. The highest BCUT2D eigenvalue weighted by molar-refractivity contribution is 6.31. The normalized spacial score (nSPS) is 14.4. The summed E-state index contributed by atoms with van der Waals surface area (Å²) in [7, 11) is 0. The van der Waals surface area contributed by atoms with E-state index in [0.717, 1.165) is 17.5 Å². The van der Waals surface area contributed by atoms with Crippen molar-refractivity contribution in [2.75, 3.05) is 0 Å². The molecule has 94 valence electrons. The first kappa shape index (κ1) is 14.2. The maximum atomic E-state index is 12.0. The molecule has 0 saturated carbocycles. The number of aryl methyl sites for hydroxylation is 1. The van der Waals surface area contributed by atoms with Gasteiger partial charge in [0.1, 0.15) is 0 Å². The molecule has 17 heavy (non-hydrogen) atoms. The zero-order valence-electron chi connectivity index (χ0n) is 10.7. The van der Waals surface area contributed by atoms with Gasteiger partial charge in [0.25, 0.3) is 0 Å². The van der Waals surface area contributed by atoms with Crippen molar-refractivity contribution in [2.45, 2.75) is 39.7 Å². The van der Waals surface area contributed by atoms with Crippen LogP contribution in [0.4, 0.5) is 0 Å². The zero-order valence-corrected chi connectivity index (χ0v) is 11.4. The maximum Gasteiger partial charge on any atom is 0.154 e. The Morgan fingerprint density at radius 2 is 2.12 bits per heavy atom. The first-order valence-electron chi connectivity index (χ1n) is 5.99. The van der Waals surface area contributed by atoms with Crippen LogP contribution in [0.25, 0.3) is 0 Å². The molecule has 2 atom stereocenters. The van der Waals surface area contributed by atoms with Gasteiger partial charge in [-0.1, -0.05) is 44.0 Å². The Morgan fingerprint density at radius 3 is 2.65 bits per heavy atom. The summed E-state index contributed by atoms with van der Waals surface area (Å²) in [5, 5.41) is 0.648. The topological polar surface area (TPSA) is 43.1 Å². The fourth-order valence-corrected chi connectivity index (χ4v) is 1.97. The molecule has 0 heterocycles. The number of ketones is 1. The van der Waals surface area contributed by atoms with E-state index >= 15 is 0 Å². The van der Waals surface area contributed by atoms with E-state index in [2.05, 4.69) is 0 Å². The van der Waals surface area contributed by atoms with Crippen LogP contribution in [0.3, 0.4) is 0 Å². The lowest BCUT2D eigenvalue weighted by molar-refractivity contribution is -0.120. The van der Waals surface area contributed by atoms with Crippen LogP contribution in [0, 0.1) is 12.8 Å². The molecule has 0 fully saturated rings. The van der Waals surface area contributed by atoms with Crippen LogP contribution in [-0.4, -0.2) is 11.8 Å². The summed E-state index contributed by atoms with van der Waals surface area (Å²) in [6.45, 7) is 6.01. The Kier molecular flexibility index (Phi) is 5.16. The molecule has 0 radical (unpaired) electrons. The van der Waals surface area contributed by atoms with Crippen molar-refractivity contribution in [1.29, 1.82) is 0 Å². The molecule has 0 aliphatic heterocycles. The van der Waals surface area contributed by atoms with Crippen molar-refractivity contribution in [1.82, 2.24) is 0 Å². The molecular weight excluding hydrogens is 234 g/mol. The highest BCUT2D eigenvalue weighted by Crippen LogP contribution is 2.19. The second-order valence-electron chi connectivity index (χ2n) is 4.65. The van der Waals surface area contributed by atoms with Gasteiger partial charge in [0.2, 0.25) is 0 Å². The maximum absolute atomic E-state index is 12.0. The lowest BCUT2D eigenvalue weighted by Gasteiger charge is -2.17. The van der Waals surface area contributed by atoms with Gasteiger partial charge in [0, 0.05) is 11.4 Å². The fraction of sp³-hybridized carbons (Fsp3) is 0.500. The van der Waals surface area contributed by atoms with E-state index in [4.69, 9.17) is 17.3 Å². The molecule has 0 amide bonds. The second-order valence-corrected chi connectivity index (χ2v) is 5.06. The molecule has 0 saturated heterocycles. The van der Waals surface area contributed by atoms with Crippen LogP contribution in [0.5, 0.6) is 0 Å². The Labute approximate surface area is 108 Å². The lowest BCUT2D eigenvalue weighted by atomic mass is 9.93. The SMILES string of the molecule is CCC(C)C(N)C(=O)Cc1ccc(C)cc1Cl. The van der Waals surface area contributed by atoms with E-state index in [9.17, 15) is 4.79 Å². The van der Waals surface area contributed by atoms with Crippen LogP contribution in [0.2, 0.25) is 5.02 Å². The molecule has 3 heteroatoms. The summed E-state index contributed by atoms with van der Waals surface area (Å²) in [5.41, 5.74) is 7.86. The van der Waals surface area contributed by atoms with Gasteiger partial charge < -0.3 is 5.73 Å². The summed E-state index contributed by atoms with van der Waals surface area (Å²) in [5.74, 6) is 0.275. The largest absolute Gasteiger partial charge is 0.321 e. The zero-order chi connectivity index (χ0) is 13.0. The third-order valence-electron chi connectivity index (χ3n) is 3.20. The van der Waals surface area contributed by atoms with Gasteiger partial charge in [-0.3, -0.25) is 4.79 Å². The number of Topliss-reactive ketones (excluding diaryl/α,β-unsaturated/α-hetero) is 1. The van der Waals surface area contributed by atoms with Crippen LogP contribution < -0.4 is 5.73 Å². The summed E-state index contributed by atoms with van der Waals surface area (Å²) >= 11 is 6.10. The monoisotopic (exact) mass is 253 g/mol. The van der Waals surface area contributed by atoms with Crippen LogP contribution in [0.15, 0.2) is 18.2 Å². The minimum atomic E-state index is -0.391. The number of hydrogen-bond donors (Lipinski definition) is 1. The van der Waals surface area contributed by atoms with Crippen LogP contribution >= 0.6 is 11.6 Å². The van der Waals surface area contributed by atoms with Crippen LogP contribution in [-0.2, 0) is 11.2 Å². The van der Waals surface area contributed by atoms with Gasteiger partial charge in [0.15, 0.2) is 5.78 Å². The molecule has 2 unspecified atom stereocenters. The minimum Gasteiger partial charge on any atom is -0.321 e. The molecule has 1 aromatic carbocycles. The smallest absolute Gasteiger partial charge is 0.154 e. The summed E-state index contributed by atoms with van der Waals surface area (Å²) in [6, 6.07) is 5.35. The van der Waals surface area contributed by atoms with Crippen molar-refractivity contribution >= 4 is 17.4 Å². The number of rotatable bonds is 5. The van der Waals surface area contributed by atoms with E-state index in [1.54, 1.807) is 0 Å². The van der Waals surface area contributed by atoms with E-state index in [1.807, 2.05) is 39.0 Å². The van der Waals surface area contributed by atoms with Crippen LogP contribution in [0.1, 0.15) is 31.4 Å². The minimum absolute atomic E-state index is 0.0603. The molecule has 1 rings (SSSR count). The number of carbonyl (C=O) groups excluding carboxylic acids is 1. The highest BCUT2D eigenvalue weighted by Gasteiger charge is 2.20. The molecule has 0 spiro atoms. The third kappa shape index (κ3) is 3.83. The fourth-order valence-electron chi connectivity index (χ4n) is 1.67. The standard InChI is InChI=1S/C14H20ClNO/c1-4-10(3)14(16)13(17)8-11-6-5-9(2)7-12(11)15/h5-7,10,14H,4,8,16H2,1-3H3. The molecule has 0 aromatic heterocycles. The van der Waals surface area contributed by atoms with Gasteiger partial charge in [-0.2, -0.15) is 0 Å². The predicted octanol–water partition coefficient (Wildman–Crippen LogP) is 3.13. The van der Waals surface area contributed by atoms with Crippen molar-refractivity contribution in [3.63, 3.8) is 0 Å². The number of benzene rings is 1.